The largest absolute Gasteiger partial charge is 0.472 e. The summed E-state index contributed by atoms with van der Waals surface area (Å²) in [6.07, 6.45) is 47.7. The van der Waals surface area contributed by atoms with Crippen LogP contribution in [0.25, 0.3) is 0 Å². The number of nitrogens with zero attached hydrogens (tertiary/aromatic N) is 1. The number of allylic oxidation sites excluding steroid dienone is 6. The number of ether oxygens (including phenoxy) is 3. The zero-order valence-corrected chi connectivity index (χ0v) is 40.5. The van der Waals surface area contributed by atoms with Crippen molar-refractivity contribution in [2.24, 2.45) is 0 Å². The second-order valence-corrected chi connectivity index (χ2v) is 19.3. The molecule has 0 spiro atoms. The second-order valence-electron chi connectivity index (χ2n) is 17.9. The third kappa shape index (κ3) is 39.3. The average molecular weight is 881 g/mol. The predicted molar refractivity (Wildman–Crippen MR) is 251 cm³/mol. The minimum atomic E-state index is -4.40. The molecule has 0 radical (unpaired) electrons. The molecule has 0 bridgehead atoms. The fourth-order valence-electron chi connectivity index (χ4n) is 6.75. The average Bonchev–Trinajstić information content (AvgIpc) is 3.97. The molecule has 10 nitrogen and oxygen atoms in total. The fraction of sp³-hybridized carbons (Fsp3) is 0.800. The Labute approximate surface area is 373 Å². The summed E-state index contributed by atoms with van der Waals surface area (Å²) < 4.78 is 40.1. The second kappa shape index (κ2) is 38.4. The van der Waals surface area contributed by atoms with Crippen molar-refractivity contribution in [3.05, 3.63) is 48.6 Å². The van der Waals surface area contributed by atoms with E-state index >= 15 is 0 Å². The van der Waals surface area contributed by atoms with Gasteiger partial charge in [0.05, 0.1) is 40.0 Å². The highest BCUT2D eigenvalue weighted by Gasteiger charge is 2.36. The van der Waals surface area contributed by atoms with Crippen LogP contribution in [0.2, 0.25) is 0 Å². The van der Waals surface area contributed by atoms with Gasteiger partial charge in [-0.2, -0.15) is 0 Å². The van der Waals surface area contributed by atoms with Gasteiger partial charge in [0, 0.05) is 12.8 Å². The van der Waals surface area contributed by atoms with E-state index in [9.17, 15) is 19.0 Å². The lowest BCUT2D eigenvalue weighted by atomic mass is 10.1. The summed E-state index contributed by atoms with van der Waals surface area (Å²) in [7, 11) is 1.43. The number of phosphoric ester groups is 1. The molecule has 1 aliphatic heterocycles. The molecule has 3 unspecified atom stereocenters. The zero-order chi connectivity index (χ0) is 44.7. The number of unbranched alkanes of at least 4 members (excludes halogenated alkanes) is 19. The standard InChI is InChI=1S/C50H90NO9P/c1-6-8-10-12-14-15-16-17-18-19-20-21-22-23-24-25-28-32-36-40-49(52)56-44-46(45-58-61(54,55)57-43-42-51(3,4)5)59-50(53)41-37-33-29-26-27-31-35-39-48-47(60-48)38-34-30-13-11-9-7-2/h17-18,26,29-31,34-35,46-48H,6-16,19-25,27-28,32-33,36-45H2,1-5H3/p+1/b18-17-,29-26-,34-30-,35-31-/t46-,47?,48?/m1/s1. The first kappa shape index (κ1) is 56.9. The highest BCUT2D eigenvalue weighted by atomic mass is 31.2. The van der Waals surface area contributed by atoms with Crippen molar-refractivity contribution in [3.63, 3.8) is 0 Å². The van der Waals surface area contributed by atoms with Crippen LogP contribution in [-0.4, -0.2) is 87.1 Å². The Bertz CT molecular complexity index is 1240. The quantitative estimate of drug-likeness (QED) is 0.0159. The predicted octanol–water partition coefficient (Wildman–Crippen LogP) is 13.2. The molecule has 0 aliphatic carbocycles. The van der Waals surface area contributed by atoms with Crippen molar-refractivity contribution in [2.75, 3.05) is 47.5 Å². The molecule has 11 heteroatoms. The summed E-state index contributed by atoms with van der Waals surface area (Å²) in [6.45, 7) is 4.32. The molecule has 0 saturated carbocycles. The summed E-state index contributed by atoms with van der Waals surface area (Å²) in [5, 5.41) is 0. The number of hydrogen-bond donors (Lipinski definition) is 1. The van der Waals surface area contributed by atoms with Gasteiger partial charge in [-0.05, 0) is 77.0 Å². The van der Waals surface area contributed by atoms with Gasteiger partial charge >= 0.3 is 19.8 Å². The van der Waals surface area contributed by atoms with Crippen LogP contribution in [0.5, 0.6) is 0 Å². The van der Waals surface area contributed by atoms with E-state index in [-0.39, 0.29) is 32.0 Å². The van der Waals surface area contributed by atoms with E-state index in [4.69, 9.17) is 23.3 Å². The lowest BCUT2D eigenvalue weighted by Crippen LogP contribution is -2.37. The number of hydrogen-bond acceptors (Lipinski definition) is 8. The number of carbonyl (C=O) groups excluding carboxylic acids is 2. The maximum absolute atomic E-state index is 12.7. The molecule has 0 aromatic carbocycles. The van der Waals surface area contributed by atoms with Crippen LogP contribution in [0, 0.1) is 0 Å². The Morgan fingerprint density at radius 3 is 1.66 bits per heavy atom. The van der Waals surface area contributed by atoms with Gasteiger partial charge in [-0.25, -0.2) is 4.57 Å². The maximum Gasteiger partial charge on any atom is 0.472 e. The van der Waals surface area contributed by atoms with Crippen molar-refractivity contribution in [1.82, 2.24) is 0 Å². The molecule has 4 atom stereocenters. The summed E-state index contributed by atoms with van der Waals surface area (Å²) in [4.78, 5) is 35.5. The number of rotatable bonds is 43. The molecule has 61 heavy (non-hydrogen) atoms. The van der Waals surface area contributed by atoms with Crippen molar-refractivity contribution in [1.29, 1.82) is 0 Å². The molecular formula is C50H91NO9P+. The van der Waals surface area contributed by atoms with Crippen molar-refractivity contribution < 1.29 is 46.8 Å². The number of epoxide rings is 1. The summed E-state index contributed by atoms with van der Waals surface area (Å²) in [5.41, 5.74) is 0. The zero-order valence-electron chi connectivity index (χ0n) is 39.6. The first-order valence-corrected chi connectivity index (χ1v) is 26.0. The Morgan fingerprint density at radius 1 is 0.590 bits per heavy atom. The van der Waals surface area contributed by atoms with Gasteiger partial charge in [-0.1, -0.05) is 152 Å². The van der Waals surface area contributed by atoms with Crippen LogP contribution in [-0.2, 0) is 37.4 Å². The Balaban J connectivity index is 2.27. The Morgan fingerprint density at radius 2 is 1.05 bits per heavy atom. The van der Waals surface area contributed by atoms with Crippen LogP contribution in [0.15, 0.2) is 48.6 Å². The van der Waals surface area contributed by atoms with Gasteiger partial charge in [-0.3, -0.25) is 18.6 Å². The first-order valence-electron chi connectivity index (χ1n) is 24.5. The molecule has 1 heterocycles. The van der Waals surface area contributed by atoms with E-state index in [0.717, 1.165) is 44.9 Å². The molecule has 1 rings (SSSR count). The van der Waals surface area contributed by atoms with Gasteiger partial charge < -0.3 is 23.6 Å². The molecule has 0 aromatic rings. The van der Waals surface area contributed by atoms with Crippen LogP contribution in [0.4, 0.5) is 0 Å². The Kier molecular flexibility index (Phi) is 35.8. The SMILES string of the molecule is CCCCC/C=C\CC1OC1C/C=C\C/C=C\CCCC(=O)O[C@H](COC(=O)CCCCCCCCCCC/C=C\CCCCCCCC)COP(=O)(O)OCC[N+](C)(C)C. The maximum atomic E-state index is 12.7. The van der Waals surface area contributed by atoms with E-state index in [0.29, 0.717) is 36.1 Å². The van der Waals surface area contributed by atoms with E-state index in [1.165, 1.54) is 109 Å². The van der Waals surface area contributed by atoms with Crippen LogP contribution in [0.3, 0.4) is 0 Å². The molecule has 1 saturated heterocycles. The van der Waals surface area contributed by atoms with E-state index in [1.54, 1.807) is 0 Å². The smallest absolute Gasteiger partial charge is 0.462 e. The normalized spacial score (nSPS) is 17.2. The lowest BCUT2D eigenvalue weighted by molar-refractivity contribution is -0.870. The van der Waals surface area contributed by atoms with Gasteiger partial charge in [0.15, 0.2) is 6.10 Å². The van der Waals surface area contributed by atoms with Gasteiger partial charge in [0.25, 0.3) is 0 Å². The highest BCUT2D eigenvalue weighted by Crippen LogP contribution is 2.43. The third-order valence-corrected chi connectivity index (χ3v) is 11.7. The van der Waals surface area contributed by atoms with Crippen molar-refractivity contribution in [3.8, 4) is 0 Å². The lowest BCUT2D eigenvalue weighted by Gasteiger charge is -2.24. The van der Waals surface area contributed by atoms with Gasteiger partial charge in [0.2, 0.25) is 0 Å². The molecule has 1 N–H and O–H groups in total. The minimum absolute atomic E-state index is 0.0177. The van der Waals surface area contributed by atoms with Crippen molar-refractivity contribution in [2.45, 2.75) is 212 Å². The number of phosphoric acid groups is 1. The molecule has 354 valence electrons. The van der Waals surface area contributed by atoms with Gasteiger partial charge in [-0.15, -0.1) is 0 Å². The van der Waals surface area contributed by atoms with E-state index < -0.39 is 26.5 Å². The number of carbonyl (C=O) groups is 2. The monoisotopic (exact) mass is 881 g/mol. The summed E-state index contributed by atoms with van der Waals surface area (Å²) >= 11 is 0. The molecule has 0 amide bonds. The number of quaternary nitrogens is 1. The Hall–Kier alpha value is -2.07. The highest BCUT2D eigenvalue weighted by molar-refractivity contribution is 7.47. The summed E-state index contributed by atoms with van der Waals surface area (Å²) in [6, 6.07) is 0. The number of esters is 2. The van der Waals surface area contributed by atoms with Crippen LogP contribution in [0.1, 0.15) is 194 Å². The van der Waals surface area contributed by atoms with Crippen LogP contribution < -0.4 is 0 Å². The van der Waals surface area contributed by atoms with E-state index in [1.807, 2.05) is 27.2 Å². The van der Waals surface area contributed by atoms with Gasteiger partial charge in [0.1, 0.15) is 19.8 Å². The molecule has 1 fully saturated rings. The summed E-state index contributed by atoms with van der Waals surface area (Å²) in [5.74, 6) is -0.871. The van der Waals surface area contributed by atoms with Crippen molar-refractivity contribution >= 4 is 19.8 Å². The third-order valence-electron chi connectivity index (χ3n) is 10.7. The first-order chi connectivity index (χ1) is 29.5. The minimum Gasteiger partial charge on any atom is -0.462 e. The molecular weight excluding hydrogens is 790 g/mol. The molecule has 1 aliphatic rings. The number of likely N-dealkylation sites (N-methyl/N-ethyl adjacent to an activating group) is 1. The molecule has 0 aromatic heterocycles. The van der Waals surface area contributed by atoms with E-state index in [2.05, 4.69) is 56.4 Å². The topological polar surface area (TPSA) is 121 Å². The van der Waals surface area contributed by atoms with Crippen LogP contribution >= 0.6 is 7.82 Å². The fourth-order valence-corrected chi connectivity index (χ4v) is 7.49.